The molecule has 1 fully saturated rings. The fraction of sp³-hybridized carbons (Fsp3) is 0.389. The van der Waals surface area contributed by atoms with E-state index in [0.717, 1.165) is 18.4 Å². The fourth-order valence-corrected chi connectivity index (χ4v) is 3.27. The summed E-state index contributed by atoms with van der Waals surface area (Å²) in [6, 6.07) is 7.41. The van der Waals surface area contributed by atoms with Gasteiger partial charge in [-0.15, -0.1) is 0 Å². The van der Waals surface area contributed by atoms with Crippen LogP contribution in [0.25, 0.3) is 5.52 Å². The average Bonchev–Trinajstić information content (AvgIpc) is 3.26. The monoisotopic (exact) mass is 340 g/mol. The van der Waals surface area contributed by atoms with Crippen molar-refractivity contribution in [1.82, 2.24) is 19.9 Å². The molecule has 0 aliphatic carbocycles. The zero-order valence-electron chi connectivity index (χ0n) is 14.0. The molecule has 7 heteroatoms. The van der Waals surface area contributed by atoms with Crippen molar-refractivity contribution in [2.45, 2.75) is 25.8 Å². The molecule has 1 aliphatic rings. The highest BCUT2D eigenvalue weighted by atomic mass is 16.5. The van der Waals surface area contributed by atoms with Crippen LogP contribution in [0.2, 0.25) is 0 Å². The maximum Gasteiger partial charge on any atom is 0.253 e. The molecule has 25 heavy (non-hydrogen) atoms. The lowest BCUT2D eigenvalue weighted by atomic mass is 9.91. The summed E-state index contributed by atoms with van der Waals surface area (Å²) in [4.78, 5) is 17.1. The molecule has 4 heterocycles. The third kappa shape index (κ3) is 3.28. The Bertz CT molecular complexity index is 846. The molecule has 0 spiro atoms. The van der Waals surface area contributed by atoms with Gasteiger partial charge in [-0.3, -0.25) is 4.79 Å². The van der Waals surface area contributed by atoms with Gasteiger partial charge in [-0.05, 0) is 43.9 Å². The second kappa shape index (κ2) is 6.68. The number of carbonyl (C=O) groups is 1. The first kappa shape index (κ1) is 15.8. The van der Waals surface area contributed by atoms with Gasteiger partial charge in [0, 0.05) is 31.1 Å². The van der Waals surface area contributed by atoms with Crippen LogP contribution in [0.15, 0.2) is 41.2 Å². The lowest BCUT2D eigenvalue weighted by molar-refractivity contribution is 0.0468. The molecular weight excluding hydrogens is 320 g/mol. The Balaban J connectivity index is 1.59. The highest BCUT2D eigenvalue weighted by molar-refractivity contribution is 5.95. The Morgan fingerprint density at radius 3 is 2.92 bits per heavy atom. The Labute approximate surface area is 145 Å². The topological polar surface area (TPSA) is 81.7 Å². The average molecular weight is 340 g/mol. The highest BCUT2D eigenvalue weighted by Crippen LogP contribution is 2.29. The molecule has 0 aromatic carbocycles. The number of aromatic nitrogens is 3. The van der Waals surface area contributed by atoms with E-state index in [-0.39, 0.29) is 17.9 Å². The van der Waals surface area contributed by atoms with Crippen LogP contribution >= 0.6 is 0 Å². The van der Waals surface area contributed by atoms with E-state index in [2.05, 4.69) is 15.5 Å². The lowest BCUT2D eigenvalue weighted by Crippen LogP contribution is -2.36. The number of nitrogens with zero attached hydrogens (tertiary/aromatic N) is 3. The molecule has 0 unspecified atom stereocenters. The molecule has 7 nitrogen and oxygen atoms in total. The number of ether oxygens (including phenoxy) is 1. The van der Waals surface area contributed by atoms with E-state index in [4.69, 9.17) is 9.26 Å². The van der Waals surface area contributed by atoms with Crippen molar-refractivity contribution in [3.63, 3.8) is 0 Å². The van der Waals surface area contributed by atoms with Gasteiger partial charge in [-0.2, -0.15) is 4.98 Å². The van der Waals surface area contributed by atoms with Crippen molar-refractivity contribution >= 4 is 11.4 Å². The third-order valence-electron chi connectivity index (χ3n) is 4.60. The number of pyridine rings is 1. The van der Waals surface area contributed by atoms with Crippen molar-refractivity contribution in [2.75, 3.05) is 13.2 Å². The van der Waals surface area contributed by atoms with Crippen LogP contribution in [-0.4, -0.2) is 33.7 Å². The zero-order valence-corrected chi connectivity index (χ0v) is 14.0. The van der Waals surface area contributed by atoms with Crippen molar-refractivity contribution < 1.29 is 14.1 Å². The van der Waals surface area contributed by atoms with Crippen LogP contribution in [0.1, 0.15) is 41.0 Å². The fourth-order valence-electron chi connectivity index (χ4n) is 3.27. The minimum Gasteiger partial charge on any atom is -0.381 e. The van der Waals surface area contributed by atoms with Gasteiger partial charge in [-0.25, -0.2) is 0 Å². The summed E-state index contributed by atoms with van der Waals surface area (Å²) < 4.78 is 12.7. The van der Waals surface area contributed by atoms with Crippen LogP contribution in [0.4, 0.5) is 0 Å². The lowest BCUT2D eigenvalue weighted by Gasteiger charge is -2.28. The summed E-state index contributed by atoms with van der Waals surface area (Å²) in [7, 11) is 0. The van der Waals surface area contributed by atoms with Gasteiger partial charge in [0.05, 0.1) is 5.56 Å². The summed E-state index contributed by atoms with van der Waals surface area (Å²) >= 11 is 0. The van der Waals surface area contributed by atoms with E-state index in [1.54, 1.807) is 6.92 Å². The Hall–Kier alpha value is -2.67. The maximum absolute atomic E-state index is 12.8. The van der Waals surface area contributed by atoms with Gasteiger partial charge in [0.1, 0.15) is 6.04 Å². The number of hydrogen-bond acceptors (Lipinski definition) is 5. The van der Waals surface area contributed by atoms with Crippen molar-refractivity contribution in [3.8, 4) is 0 Å². The first-order chi connectivity index (χ1) is 12.2. The van der Waals surface area contributed by atoms with Crippen molar-refractivity contribution in [3.05, 3.63) is 53.9 Å². The van der Waals surface area contributed by atoms with Gasteiger partial charge < -0.3 is 19.0 Å². The molecule has 0 bridgehead atoms. The molecule has 4 rings (SSSR count). The number of hydrogen-bond donors (Lipinski definition) is 1. The Morgan fingerprint density at radius 1 is 1.36 bits per heavy atom. The van der Waals surface area contributed by atoms with E-state index in [1.165, 1.54) is 0 Å². The number of carbonyl (C=O) groups excluding carboxylic acids is 1. The van der Waals surface area contributed by atoms with Gasteiger partial charge in [0.15, 0.2) is 5.82 Å². The molecule has 1 atom stereocenters. The molecule has 1 N–H and O–H groups in total. The second-order valence-electron chi connectivity index (χ2n) is 6.34. The van der Waals surface area contributed by atoms with Gasteiger partial charge in [0.2, 0.25) is 5.89 Å². The van der Waals surface area contributed by atoms with Crippen LogP contribution < -0.4 is 5.32 Å². The SMILES string of the molecule is Cc1noc([C@@H](NC(=O)c2cc3ccccn3c2)C2CCOCC2)n1. The van der Waals surface area contributed by atoms with Crippen molar-refractivity contribution in [1.29, 1.82) is 0 Å². The number of nitrogens with one attached hydrogen (secondary N) is 1. The molecule has 1 aliphatic heterocycles. The summed E-state index contributed by atoms with van der Waals surface area (Å²) in [5, 5.41) is 6.96. The quantitative estimate of drug-likeness (QED) is 0.789. The van der Waals surface area contributed by atoms with Crippen LogP contribution in [0.3, 0.4) is 0 Å². The summed E-state index contributed by atoms with van der Waals surface area (Å²) in [5.74, 6) is 1.10. The summed E-state index contributed by atoms with van der Waals surface area (Å²) in [6.45, 7) is 3.14. The zero-order chi connectivity index (χ0) is 17.2. The summed E-state index contributed by atoms with van der Waals surface area (Å²) in [6.07, 6.45) is 5.45. The Kier molecular flexibility index (Phi) is 4.23. The minimum absolute atomic E-state index is 0.143. The summed E-state index contributed by atoms with van der Waals surface area (Å²) in [5.41, 5.74) is 1.59. The number of rotatable bonds is 4. The van der Waals surface area contributed by atoms with Crippen LogP contribution in [0.5, 0.6) is 0 Å². The van der Waals surface area contributed by atoms with Gasteiger partial charge >= 0.3 is 0 Å². The first-order valence-corrected chi connectivity index (χ1v) is 8.46. The first-order valence-electron chi connectivity index (χ1n) is 8.46. The molecule has 130 valence electrons. The molecule has 0 radical (unpaired) electrons. The standard InChI is InChI=1S/C18H20N4O3/c1-12-19-18(25-21-12)16(13-5-8-24-9-6-13)20-17(23)14-10-15-4-2-3-7-22(15)11-14/h2-4,7,10-11,13,16H,5-6,8-9H2,1H3,(H,20,23)/t16-/m0/s1. The van der Waals surface area contributed by atoms with Crippen molar-refractivity contribution in [2.24, 2.45) is 5.92 Å². The smallest absolute Gasteiger partial charge is 0.253 e. The number of aryl methyl sites for hydroxylation is 1. The second-order valence-corrected chi connectivity index (χ2v) is 6.34. The van der Waals surface area contributed by atoms with Gasteiger partial charge in [0.25, 0.3) is 5.91 Å². The van der Waals surface area contributed by atoms with E-state index in [9.17, 15) is 4.79 Å². The highest BCUT2D eigenvalue weighted by Gasteiger charge is 2.31. The van der Waals surface area contributed by atoms with Crippen LogP contribution in [0, 0.1) is 12.8 Å². The molecule has 3 aromatic rings. The number of fused-ring (bicyclic) bond motifs is 1. The maximum atomic E-state index is 12.8. The van der Waals surface area contributed by atoms with E-state index < -0.39 is 0 Å². The van der Waals surface area contributed by atoms with E-state index in [1.807, 2.05) is 41.1 Å². The minimum atomic E-state index is -0.305. The van der Waals surface area contributed by atoms with E-state index >= 15 is 0 Å². The molecular formula is C18H20N4O3. The predicted molar refractivity (Wildman–Crippen MR) is 90.2 cm³/mol. The molecule has 0 saturated carbocycles. The third-order valence-corrected chi connectivity index (χ3v) is 4.60. The Morgan fingerprint density at radius 2 is 2.20 bits per heavy atom. The van der Waals surface area contributed by atoms with E-state index in [0.29, 0.717) is 30.5 Å². The normalized spacial score (nSPS) is 16.8. The number of amides is 1. The molecule has 1 saturated heterocycles. The predicted octanol–water partition coefficient (Wildman–Crippen LogP) is 2.53. The molecule has 1 amide bonds. The largest absolute Gasteiger partial charge is 0.381 e. The molecule has 3 aromatic heterocycles. The van der Waals surface area contributed by atoms with Crippen LogP contribution in [-0.2, 0) is 4.74 Å². The van der Waals surface area contributed by atoms with Gasteiger partial charge in [-0.1, -0.05) is 11.2 Å².